The van der Waals surface area contributed by atoms with Crippen LogP contribution in [0.4, 0.5) is 5.82 Å². The lowest BCUT2D eigenvalue weighted by atomic mass is 10.0. The number of nitrogens with two attached hydrogens (primary N) is 1. The fourth-order valence-corrected chi connectivity index (χ4v) is 3.24. The highest BCUT2D eigenvalue weighted by Crippen LogP contribution is 2.28. The molecule has 2 saturated heterocycles. The highest BCUT2D eigenvalue weighted by atomic mass is 16.1. The molecular formula is C14H20N4O. The average Bonchev–Trinajstić information content (AvgIpc) is 3.09. The number of nitrogens with one attached hydrogen (secondary N) is 1. The van der Waals surface area contributed by atoms with E-state index in [1.807, 2.05) is 6.07 Å². The Morgan fingerprint density at radius 1 is 1.37 bits per heavy atom. The van der Waals surface area contributed by atoms with Crippen molar-refractivity contribution in [3.63, 3.8) is 0 Å². The van der Waals surface area contributed by atoms with Crippen LogP contribution in [-0.4, -0.2) is 36.1 Å². The second-order valence-corrected chi connectivity index (χ2v) is 5.38. The number of rotatable bonds is 3. The van der Waals surface area contributed by atoms with Crippen LogP contribution in [0, 0.1) is 0 Å². The Morgan fingerprint density at radius 3 is 2.89 bits per heavy atom. The van der Waals surface area contributed by atoms with E-state index < -0.39 is 5.91 Å². The molecule has 102 valence electrons. The van der Waals surface area contributed by atoms with Gasteiger partial charge in [0.25, 0.3) is 0 Å². The molecule has 2 aliphatic rings. The van der Waals surface area contributed by atoms with Crippen LogP contribution in [0.25, 0.3) is 0 Å². The normalized spacial score (nSPS) is 26.8. The van der Waals surface area contributed by atoms with E-state index in [4.69, 9.17) is 5.73 Å². The van der Waals surface area contributed by atoms with Gasteiger partial charge in [0.05, 0.1) is 5.56 Å². The van der Waals surface area contributed by atoms with Crippen LogP contribution in [0.15, 0.2) is 18.3 Å². The van der Waals surface area contributed by atoms with Gasteiger partial charge in [-0.25, -0.2) is 4.98 Å². The molecule has 2 aliphatic heterocycles. The zero-order valence-electron chi connectivity index (χ0n) is 11.0. The maximum absolute atomic E-state index is 11.1. The summed E-state index contributed by atoms with van der Waals surface area (Å²) in [5, 5.41) is 3.58. The van der Waals surface area contributed by atoms with Crippen LogP contribution in [0.1, 0.15) is 36.0 Å². The van der Waals surface area contributed by atoms with E-state index >= 15 is 0 Å². The van der Waals surface area contributed by atoms with Crippen LogP contribution in [0.5, 0.6) is 0 Å². The number of primary amides is 1. The molecule has 0 saturated carbocycles. The van der Waals surface area contributed by atoms with E-state index in [0.717, 1.165) is 18.9 Å². The summed E-state index contributed by atoms with van der Waals surface area (Å²) < 4.78 is 0. The fraction of sp³-hybridized carbons (Fsp3) is 0.571. The lowest BCUT2D eigenvalue weighted by molar-refractivity contribution is 0.1000. The van der Waals surface area contributed by atoms with Gasteiger partial charge in [-0.05, 0) is 44.4 Å². The summed E-state index contributed by atoms with van der Waals surface area (Å²) in [4.78, 5) is 17.8. The third-order valence-electron chi connectivity index (χ3n) is 4.19. The zero-order valence-corrected chi connectivity index (χ0v) is 11.0. The van der Waals surface area contributed by atoms with Gasteiger partial charge in [0.1, 0.15) is 5.82 Å². The van der Waals surface area contributed by atoms with Gasteiger partial charge in [-0.2, -0.15) is 0 Å². The number of hydrogen-bond acceptors (Lipinski definition) is 4. The summed E-state index contributed by atoms with van der Waals surface area (Å²) in [7, 11) is 0. The van der Waals surface area contributed by atoms with Crippen molar-refractivity contribution in [3.8, 4) is 0 Å². The number of amides is 1. The molecule has 0 aliphatic carbocycles. The van der Waals surface area contributed by atoms with Gasteiger partial charge >= 0.3 is 0 Å². The van der Waals surface area contributed by atoms with Gasteiger partial charge in [0.15, 0.2) is 0 Å². The Kier molecular flexibility index (Phi) is 3.38. The summed E-state index contributed by atoms with van der Waals surface area (Å²) >= 11 is 0. The van der Waals surface area contributed by atoms with Crippen molar-refractivity contribution < 1.29 is 4.79 Å². The molecule has 1 aromatic heterocycles. The molecule has 0 aromatic carbocycles. The predicted molar refractivity (Wildman–Crippen MR) is 74.1 cm³/mol. The maximum Gasteiger partial charge on any atom is 0.250 e. The summed E-state index contributed by atoms with van der Waals surface area (Å²) in [5.74, 6) is 0.538. The first-order chi connectivity index (χ1) is 9.25. The molecule has 3 N–H and O–H groups in total. The molecule has 2 fully saturated rings. The van der Waals surface area contributed by atoms with E-state index in [9.17, 15) is 4.79 Å². The van der Waals surface area contributed by atoms with Crippen molar-refractivity contribution in [3.05, 3.63) is 23.9 Å². The average molecular weight is 260 g/mol. The molecule has 0 bridgehead atoms. The number of aromatic nitrogens is 1. The molecular weight excluding hydrogens is 240 g/mol. The second-order valence-electron chi connectivity index (χ2n) is 5.38. The van der Waals surface area contributed by atoms with Crippen LogP contribution in [-0.2, 0) is 0 Å². The van der Waals surface area contributed by atoms with E-state index in [2.05, 4.69) is 15.2 Å². The summed E-state index contributed by atoms with van der Waals surface area (Å²) in [6.07, 6.45) is 6.53. The van der Waals surface area contributed by atoms with Gasteiger partial charge in [0, 0.05) is 24.8 Å². The number of carbonyl (C=O) groups is 1. The van der Waals surface area contributed by atoms with Gasteiger partial charge < -0.3 is 16.0 Å². The number of anilines is 1. The molecule has 5 heteroatoms. The largest absolute Gasteiger partial charge is 0.366 e. The van der Waals surface area contributed by atoms with Gasteiger partial charge in [0.2, 0.25) is 5.91 Å². The van der Waals surface area contributed by atoms with Crippen molar-refractivity contribution in [1.29, 1.82) is 0 Å². The predicted octanol–water partition coefficient (Wildman–Crippen LogP) is 0.901. The van der Waals surface area contributed by atoms with Crippen molar-refractivity contribution in [1.82, 2.24) is 10.3 Å². The maximum atomic E-state index is 11.1. The molecule has 0 spiro atoms. The van der Waals surface area contributed by atoms with Crippen LogP contribution in [0.3, 0.4) is 0 Å². The Balaban J connectivity index is 1.78. The van der Waals surface area contributed by atoms with Gasteiger partial charge in [-0.15, -0.1) is 0 Å². The molecule has 19 heavy (non-hydrogen) atoms. The van der Waals surface area contributed by atoms with E-state index in [-0.39, 0.29) is 0 Å². The van der Waals surface area contributed by atoms with E-state index in [1.54, 1.807) is 12.3 Å². The van der Waals surface area contributed by atoms with Crippen LogP contribution >= 0.6 is 0 Å². The minimum Gasteiger partial charge on any atom is -0.366 e. The molecule has 2 atom stereocenters. The minimum absolute atomic E-state index is 0.422. The Bertz CT molecular complexity index is 453. The number of carbonyl (C=O) groups excluding carboxylic acids is 1. The van der Waals surface area contributed by atoms with Gasteiger partial charge in [-0.3, -0.25) is 4.79 Å². The molecule has 2 unspecified atom stereocenters. The molecule has 1 amide bonds. The monoisotopic (exact) mass is 260 g/mol. The Morgan fingerprint density at radius 2 is 2.26 bits per heavy atom. The summed E-state index contributed by atoms with van der Waals surface area (Å²) in [6, 6.07) is 4.80. The SMILES string of the molecule is NC(=O)c1ccc(N2CCCC2C2CCCN2)nc1. The first kappa shape index (κ1) is 12.4. The molecule has 3 rings (SSSR count). The van der Waals surface area contributed by atoms with Crippen LogP contribution < -0.4 is 16.0 Å². The standard InChI is InChI=1S/C14H20N4O/c15-14(19)10-5-6-13(17-9-10)18-8-2-4-12(18)11-3-1-7-16-11/h5-6,9,11-12,16H,1-4,7-8H2,(H2,15,19). The van der Waals surface area contributed by atoms with Crippen molar-refractivity contribution in [2.24, 2.45) is 5.73 Å². The zero-order chi connectivity index (χ0) is 13.2. The number of hydrogen-bond donors (Lipinski definition) is 2. The number of pyridine rings is 1. The first-order valence-electron chi connectivity index (χ1n) is 7.01. The second kappa shape index (κ2) is 5.17. The topological polar surface area (TPSA) is 71.2 Å². The quantitative estimate of drug-likeness (QED) is 0.847. The van der Waals surface area contributed by atoms with Crippen molar-refractivity contribution >= 4 is 11.7 Å². The third kappa shape index (κ3) is 2.42. The number of nitrogens with zero attached hydrogens (tertiary/aromatic N) is 2. The summed E-state index contributed by atoms with van der Waals surface area (Å²) in [6.45, 7) is 2.18. The fourth-order valence-electron chi connectivity index (χ4n) is 3.24. The lowest BCUT2D eigenvalue weighted by Gasteiger charge is -2.30. The molecule has 1 aromatic rings. The molecule has 0 radical (unpaired) electrons. The summed E-state index contributed by atoms with van der Waals surface area (Å²) in [5.41, 5.74) is 5.71. The molecule has 5 nitrogen and oxygen atoms in total. The highest BCUT2D eigenvalue weighted by molar-refractivity contribution is 5.92. The smallest absolute Gasteiger partial charge is 0.250 e. The molecule has 3 heterocycles. The van der Waals surface area contributed by atoms with E-state index in [1.165, 1.54) is 25.7 Å². The van der Waals surface area contributed by atoms with E-state index in [0.29, 0.717) is 17.6 Å². The highest BCUT2D eigenvalue weighted by Gasteiger charge is 2.33. The minimum atomic E-state index is -0.422. The van der Waals surface area contributed by atoms with Crippen molar-refractivity contribution in [2.45, 2.75) is 37.8 Å². The lowest BCUT2D eigenvalue weighted by Crippen LogP contribution is -2.44. The Hall–Kier alpha value is -1.62. The van der Waals surface area contributed by atoms with Crippen molar-refractivity contribution in [2.75, 3.05) is 18.0 Å². The van der Waals surface area contributed by atoms with Gasteiger partial charge in [-0.1, -0.05) is 0 Å². The first-order valence-corrected chi connectivity index (χ1v) is 7.01. The third-order valence-corrected chi connectivity index (χ3v) is 4.19. The van der Waals surface area contributed by atoms with Crippen LogP contribution in [0.2, 0.25) is 0 Å². The Labute approximate surface area is 113 Å².